The van der Waals surface area contributed by atoms with E-state index in [4.69, 9.17) is 21.1 Å². The second-order valence-electron chi connectivity index (χ2n) is 7.60. The minimum atomic E-state index is -0.651. The molecule has 6 nitrogen and oxygen atoms in total. The number of nitrogens with zero attached hydrogens (tertiary/aromatic N) is 3. The highest BCUT2D eigenvalue weighted by Gasteiger charge is 2.23. The molecule has 0 unspecified atom stereocenters. The highest BCUT2D eigenvalue weighted by molar-refractivity contribution is 6.31. The molecule has 1 aromatic heterocycles. The van der Waals surface area contributed by atoms with Gasteiger partial charge in [0.1, 0.15) is 30.6 Å². The molecular formula is C23H23ClFN3O3. The monoisotopic (exact) mass is 443 g/mol. The molecular weight excluding hydrogens is 421 g/mol. The van der Waals surface area contributed by atoms with Crippen LogP contribution >= 0.6 is 11.6 Å². The van der Waals surface area contributed by atoms with Crippen LogP contribution in [0, 0.1) is 0 Å². The molecule has 0 atom stereocenters. The van der Waals surface area contributed by atoms with Gasteiger partial charge in [-0.3, -0.25) is 4.57 Å². The van der Waals surface area contributed by atoms with Gasteiger partial charge in [0, 0.05) is 35.8 Å². The minimum Gasteiger partial charge on any atom is -0.473 e. The number of fused-ring (bicyclic) bond motifs is 1. The summed E-state index contributed by atoms with van der Waals surface area (Å²) in [5.41, 5.74) is 0.990. The predicted molar refractivity (Wildman–Crippen MR) is 118 cm³/mol. The highest BCUT2D eigenvalue weighted by Crippen LogP contribution is 2.28. The summed E-state index contributed by atoms with van der Waals surface area (Å²) in [5, 5.41) is 0.374. The molecule has 0 saturated heterocycles. The van der Waals surface area contributed by atoms with Crippen LogP contribution in [-0.4, -0.2) is 22.1 Å². The molecule has 3 aromatic rings. The highest BCUT2D eigenvalue weighted by atomic mass is 35.5. The lowest BCUT2D eigenvalue weighted by atomic mass is 10.2. The van der Waals surface area contributed by atoms with Crippen molar-refractivity contribution < 1.29 is 13.9 Å². The zero-order valence-corrected chi connectivity index (χ0v) is 18.1. The van der Waals surface area contributed by atoms with Crippen molar-refractivity contribution in [3.05, 3.63) is 75.2 Å². The molecule has 2 heterocycles. The Morgan fingerprint density at radius 1 is 1.10 bits per heavy atom. The molecule has 0 amide bonds. The fourth-order valence-electron chi connectivity index (χ4n) is 3.50. The van der Waals surface area contributed by atoms with Gasteiger partial charge in [-0.1, -0.05) is 23.7 Å². The Labute approximate surface area is 184 Å². The molecule has 4 rings (SSSR count). The summed E-state index contributed by atoms with van der Waals surface area (Å²) in [5.74, 6) is 2.27. The molecule has 0 saturated carbocycles. The molecule has 0 radical (unpaired) electrons. The first-order chi connectivity index (χ1) is 14.9. The Morgan fingerprint density at radius 3 is 2.55 bits per heavy atom. The van der Waals surface area contributed by atoms with Gasteiger partial charge in [0.05, 0.1) is 0 Å². The number of hydrogen-bond acceptors (Lipinski definition) is 5. The van der Waals surface area contributed by atoms with Crippen molar-refractivity contribution in [1.82, 2.24) is 9.55 Å². The lowest BCUT2D eigenvalue weighted by Gasteiger charge is -2.22. The Kier molecular flexibility index (Phi) is 6.13. The third kappa shape index (κ3) is 4.66. The second-order valence-corrected chi connectivity index (χ2v) is 8.00. The number of anilines is 1. The van der Waals surface area contributed by atoms with Crippen molar-refractivity contribution in [2.24, 2.45) is 0 Å². The molecule has 0 aliphatic carbocycles. The van der Waals surface area contributed by atoms with Crippen LogP contribution in [0.25, 0.3) is 0 Å². The van der Waals surface area contributed by atoms with Crippen LogP contribution in [0.1, 0.15) is 25.0 Å². The Bertz CT molecular complexity index is 1130. The smallest absolute Gasteiger partial charge is 0.352 e. The molecule has 1 aliphatic heterocycles. The van der Waals surface area contributed by atoms with Crippen molar-refractivity contribution in [2.45, 2.75) is 39.7 Å². The van der Waals surface area contributed by atoms with Gasteiger partial charge in [-0.15, -0.1) is 0 Å². The zero-order valence-electron chi connectivity index (χ0n) is 17.3. The maximum absolute atomic E-state index is 13.0. The van der Waals surface area contributed by atoms with Crippen LogP contribution in [-0.2, 0) is 19.8 Å². The number of alkyl halides is 1. The third-order valence-electron chi connectivity index (χ3n) is 5.15. The Morgan fingerprint density at radius 2 is 1.84 bits per heavy atom. The van der Waals surface area contributed by atoms with Crippen molar-refractivity contribution in [2.75, 3.05) is 11.4 Å². The summed E-state index contributed by atoms with van der Waals surface area (Å²) >= 11 is 5.93. The van der Waals surface area contributed by atoms with Crippen LogP contribution in [0.2, 0.25) is 5.02 Å². The molecule has 0 fully saturated rings. The predicted octanol–water partition coefficient (Wildman–Crippen LogP) is 4.97. The van der Waals surface area contributed by atoms with Gasteiger partial charge in [-0.05, 0) is 49.7 Å². The average molecular weight is 444 g/mol. The first-order valence-electron chi connectivity index (χ1n) is 10.1. The van der Waals surface area contributed by atoms with Gasteiger partial charge in [0.25, 0.3) is 0 Å². The topological polar surface area (TPSA) is 56.6 Å². The largest absolute Gasteiger partial charge is 0.473 e. The summed E-state index contributed by atoms with van der Waals surface area (Å²) in [7, 11) is 0. The van der Waals surface area contributed by atoms with E-state index in [-0.39, 0.29) is 18.3 Å². The van der Waals surface area contributed by atoms with Gasteiger partial charge in [0.2, 0.25) is 5.88 Å². The van der Waals surface area contributed by atoms with Crippen LogP contribution in [0.5, 0.6) is 17.4 Å². The molecule has 0 spiro atoms. The van der Waals surface area contributed by atoms with E-state index >= 15 is 0 Å². The molecule has 1 aliphatic rings. The van der Waals surface area contributed by atoms with Crippen LogP contribution in [0.3, 0.4) is 0 Å². The first-order valence-corrected chi connectivity index (χ1v) is 10.4. The van der Waals surface area contributed by atoms with E-state index in [0.717, 1.165) is 17.9 Å². The minimum absolute atomic E-state index is 0.269. The van der Waals surface area contributed by atoms with Crippen molar-refractivity contribution in [1.29, 1.82) is 0 Å². The van der Waals surface area contributed by atoms with Gasteiger partial charge >= 0.3 is 5.69 Å². The maximum atomic E-state index is 13.0. The summed E-state index contributed by atoms with van der Waals surface area (Å²) in [4.78, 5) is 18.5. The third-order valence-corrected chi connectivity index (χ3v) is 5.52. The quantitative estimate of drug-likeness (QED) is 0.516. The first kappa shape index (κ1) is 21.2. The van der Waals surface area contributed by atoms with Gasteiger partial charge in [-0.2, -0.15) is 4.98 Å². The van der Waals surface area contributed by atoms with Crippen LogP contribution < -0.4 is 20.1 Å². The Hall–Kier alpha value is -3.06. The van der Waals surface area contributed by atoms with Crippen LogP contribution in [0.4, 0.5) is 10.2 Å². The van der Waals surface area contributed by atoms with Crippen molar-refractivity contribution >= 4 is 17.4 Å². The normalized spacial score (nSPS) is 12.9. The van der Waals surface area contributed by atoms with E-state index in [1.807, 2.05) is 18.2 Å². The summed E-state index contributed by atoms with van der Waals surface area (Å²) in [6.07, 6.45) is 0. The number of ether oxygens (including phenoxy) is 2. The molecule has 0 bridgehead atoms. The van der Waals surface area contributed by atoms with E-state index in [1.165, 1.54) is 0 Å². The molecule has 2 aromatic carbocycles. The lowest BCUT2D eigenvalue weighted by molar-refractivity contribution is 0.291. The summed E-state index contributed by atoms with van der Waals surface area (Å²) in [6.45, 7) is 5.23. The van der Waals surface area contributed by atoms with E-state index in [0.29, 0.717) is 34.5 Å². The molecule has 31 heavy (non-hydrogen) atoms. The van der Waals surface area contributed by atoms with E-state index < -0.39 is 6.67 Å². The maximum Gasteiger partial charge on any atom is 0.352 e. The molecule has 8 heteroatoms. The second kappa shape index (κ2) is 8.98. The average Bonchev–Trinajstić information content (AvgIpc) is 3.19. The van der Waals surface area contributed by atoms with Crippen molar-refractivity contribution in [3.63, 3.8) is 0 Å². The Balaban J connectivity index is 1.42. The molecule has 0 N–H and O–H groups in total. The zero-order chi connectivity index (χ0) is 22.0. The van der Waals surface area contributed by atoms with E-state index in [9.17, 15) is 9.18 Å². The number of hydrogen-bond donors (Lipinski definition) is 0. The number of rotatable bonds is 7. The van der Waals surface area contributed by atoms with Gasteiger partial charge < -0.3 is 14.4 Å². The number of aromatic nitrogens is 2. The van der Waals surface area contributed by atoms with E-state index in [2.05, 4.69) is 23.7 Å². The number of halogens is 2. The summed E-state index contributed by atoms with van der Waals surface area (Å²) in [6, 6.07) is 14.3. The summed E-state index contributed by atoms with van der Waals surface area (Å²) < 4.78 is 26.2. The van der Waals surface area contributed by atoms with Crippen LogP contribution in [0.15, 0.2) is 53.3 Å². The lowest BCUT2D eigenvalue weighted by Crippen LogP contribution is -2.29. The molecule has 162 valence electrons. The standard InChI is InChI=1S/C23H23ClFN3O3/c1-15(2)27-9-10-28-22(27)12-21(26-23(28)29)30-14-16-3-5-18(6-4-16)31-19-7-8-20(24)17(11-19)13-25/h3-8,11-12,15H,9-10,13-14H2,1-2H3. The van der Waals surface area contributed by atoms with Crippen molar-refractivity contribution in [3.8, 4) is 17.4 Å². The fourth-order valence-corrected chi connectivity index (χ4v) is 3.67. The number of benzene rings is 2. The fraction of sp³-hybridized carbons (Fsp3) is 0.304. The van der Waals surface area contributed by atoms with E-state index in [1.54, 1.807) is 34.9 Å². The SMILES string of the molecule is CC(C)N1CCn2c1cc(OCc1ccc(Oc3ccc(Cl)c(CF)c3)cc1)nc2=O. The van der Waals surface area contributed by atoms with Gasteiger partial charge in [-0.25, -0.2) is 9.18 Å². The van der Waals surface area contributed by atoms with Gasteiger partial charge in [0.15, 0.2) is 0 Å².